The first-order valence-electron chi connectivity index (χ1n) is 10.1. The lowest BCUT2D eigenvalue weighted by Crippen LogP contribution is -2.37. The van der Waals surface area contributed by atoms with Crippen molar-refractivity contribution < 1.29 is 23.8 Å². The van der Waals surface area contributed by atoms with E-state index in [0.717, 1.165) is 11.3 Å². The highest BCUT2D eigenvalue weighted by Gasteiger charge is 2.45. The van der Waals surface area contributed by atoms with Gasteiger partial charge in [-0.1, -0.05) is 6.07 Å². The molecule has 0 saturated carbocycles. The summed E-state index contributed by atoms with van der Waals surface area (Å²) in [6.45, 7) is 1.82. The first-order chi connectivity index (χ1) is 15.0. The molecule has 4 rings (SSSR count). The molecule has 3 atom stereocenters. The molecule has 0 spiro atoms. The van der Waals surface area contributed by atoms with Gasteiger partial charge in [0.1, 0.15) is 17.4 Å². The van der Waals surface area contributed by atoms with Gasteiger partial charge in [-0.15, -0.1) is 11.3 Å². The Balaban J connectivity index is 1.89. The summed E-state index contributed by atoms with van der Waals surface area (Å²) < 4.78 is 16.1. The van der Waals surface area contributed by atoms with Gasteiger partial charge in [-0.25, -0.2) is 0 Å². The molecule has 7 heteroatoms. The predicted octanol–water partition coefficient (Wildman–Crippen LogP) is 4.51. The fourth-order valence-electron chi connectivity index (χ4n) is 4.64. The first-order valence-corrected chi connectivity index (χ1v) is 11.0. The maximum atomic E-state index is 13.5. The van der Waals surface area contributed by atoms with Crippen molar-refractivity contribution in [3.63, 3.8) is 0 Å². The smallest absolute Gasteiger partial charge is 0.315 e. The summed E-state index contributed by atoms with van der Waals surface area (Å²) in [6.07, 6.45) is 1.06. The minimum atomic E-state index is -0.702. The highest BCUT2D eigenvalue weighted by atomic mass is 32.1. The van der Waals surface area contributed by atoms with Crippen LogP contribution in [0.4, 0.5) is 0 Å². The molecule has 0 bridgehead atoms. The van der Waals surface area contributed by atoms with E-state index in [1.165, 1.54) is 12.0 Å². The number of rotatable bonds is 5. The number of benzene rings is 1. The molecule has 1 unspecified atom stereocenters. The topological polar surface area (TPSA) is 74.2 Å². The number of ether oxygens (including phenoxy) is 3. The minimum absolute atomic E-state index is 0.0136. The zero-order valence-corrected chi connectivity index (χ0v) is 18.8. The molecule has 0 N–H and O–H groups in total. The van der Waals surface area contributed by atoms with Gasteiger partial charge in [0.05, 0.1) is 21.3 Å². The monoisotopic (exact) mass is 439 g/mol. The second-order valence-corrected chi connectivity index (χ2v) is 8.72. The lowest BCUT2D eigenvalue weighted by Gasteiger charge is -2.36. The van der Waals surface area contributed by atoms with Gasteiger partial charge in [-0.2, -0.15) is 0 Å². The van der Waals surface area contributed by atoms with E-state index in [-0.39, 0.29) is 11.7 Å². The predicted molar refractivity (Wildman–Crippen MR) is 119 cm³/mol. The van der Waals surface area contributed by atoms with E-state index in [1.54, 1.807) is 37.7 Å². The van der Waals surface area contributed by atoms with Crippen molar-refractivity contribution in [1.29, 1.82) is 0 Å². The number of aliphatic imine (C=N–C) groups is 1. The molecular weight excluding hydrogens is 414 g/mol. The van der Waals surface area contributed by atoms with E-state index in [0.29, 0.717) is 35.6 Å². The maximum Gasteiger partial charge on any atom is 0.315 e. The van der Waals surface area contributed by atoms with Crippen molar-refractivity contribution in [1.82, 2.24) is 0 Å². The number of ketones is 1. The van der Waals surface area contributed by atoms with Crippen LogP contribution in [-0.4, -0.2) is 38.8 Å². The zero-order valence-electron chi connectivity index (χ0n) is 18.0. The van der Waals surface area contributed by atoms with Gasteiger partial charge in [-0.3, -0.25) is 14.6 Å². The van der Waals surface area contributed by atoms with Crippen LogP contribution in [0.25, 0.3) is 0 Å². The molecular formula is C24H25NO5S. The molecule has 2 aliphatic rings. The number of nitrogens with zero attached hydrogens (tertiary/aromatic N) is 1. The van der Waals surface area contributed by atoms with Crippen molar-refractivity contribution in [2.75, 3.05) is 21.3 Å². The van der Waals surface area contributed by atoms with Gasteiger partial charge in [0.15, 0.2) is 5.78 Å². The average molecular weight is 440 g/mol. The van der Waals surface area contributed by atoms with Crippen molar-refractivity contribution >= 4 is 28.8 Å². The van der Waals surface area contributed by atoms with Crippen LogP contribution in [0.3, 0.4) is 0 Å². The third-order valence-electron chi connectivity index (χ3n) is 6.06. The molecule has 1 aliphatic carbocycles. The zero-order chi connectivity index (χ0) is 22.1. The van der Waals surface area contributed by atoms with E-state index < -0.39 is 17.8 Å². The molecule has 0 saturated heterocycles. The van der Waals surface area contributed by atoms with Crippen molar-refractivity contribution in [3.05, 3.63) is 57.4 Å². The number of carbonyl (C=O) groups is 2. The van der Waals surface area contributed by atoms with Gasteiger partial charge < -0.3 is 14.2 Å². The van der Waals surface area contributed by atoms with Crippen LogP contribution < -0.4 is 9.47 Å². The van der Waals surface area contributed by atoms with Crippen LogP contribution in [0, 0.1) is 5.92 Å². The molecule has 0 amide bonds. The molecule has 162 valence electrons. The lowest BCUT2D eigenvalue weighted by atomic mass is 9.69. The Bertz CT molecular complexity index is 1070. The van der Waals surface area contributed by atoms with E-state index in [1.807, 2.05) is 24.4 Å². The normalized spacial score (nSPS) is 23.2. The number of hydrogen-bond donors (Lipinski definition) is 0. The summed E-state index contributed by atoms with van der Waals surface area (Å²) in [4.78, 5) is 32.3. The van der Waals surface area contributed by atoms with Crippen LogP contribution in [0.5, 0.6) is 11.5 Å². The summed E-state index contributed by atoms with van der Waals surface area (Å²) >= 11 is 1.65. The van der Waals surface area contributed by atoms with Crippen molar-refractivity contribution in [3.8, 4) is 11.5 Å². The third kappa shape index (κ3) is 3.78. The standard InChI is InChI=1S/C24H25NO5S/c1-13-21(24(27)30-4)22(16-12-15(28-2)7-8-19(16)29-3)23-17(25-13)10-14(11-18(23)26)20-6-5-9-31-20/h5-9,12,14,21-22H,10-11H2,1-4H3/t14-,21?,22+/m1/s1. The molecule has 31 heavy (non-hydrogen) atoms. The van der Waals surface area contributed by atoms with E-state index >= 15 is 0 Å². The Morgan fingerprint density at radius 2 is 1.94 bits per heavy atom. The Morgan fingerprint density at radius 3 is 2.58 bits per heavy atom. The second kappa shape index (κ2) is 8.67. The van der Waals surface area contributed by atoms with E-state index in [9.17, 15) is 9.59 Å². The highest BCUT2D eigenvalue weighted by Crippen LogP contribution is 2.49. The molecule has 1 aliphatic heterocycles. The van der Waals surface area contributed by atoms with E-state index in [4.69, 9.17) is 19.2 Å². The average Bonchev–Trinajstić information content (AvgIpc) is 3.32. The van der Waals surface area contributed by atoms with Gasteiger partial charge in [0.2, 0.25) is 0 Å². The Kier molecular flexibility index (Phi) is 5.96. The maximum absolute atomic E-state index is 13.5. The number of thiophene rings is 1. The highest BCUT2D eigenvalue weighted by molar-refractivity contribution is 7.10. The van der Waals surface area contributed by atoms with Gasteiger partial charge >= 0.3 is 5.97 Å². The Morgan fingerprint density at radius 1 is 1.13 bits per heavy atom. The van der Waals surface area contributed by atoms with Gasteiger partial charge in [0.25, 0.3) is 0 Å². The Labute approximate surface area is 185 Å². The number of hydrogen-bond acceptors (Lipinski definition) is 7. The summed E-state index contributed by atoms with van der Waals surface area (Å²) in [6, 6.07) is 9.49. The fraction of sp³-hybridized carbons (Fsp3) is 0.375. The fourth-order valence-corrected chi connectivity index (χ4v) is 5.47. The summed E-state index contributed by atoms with van der Waals surface area (Å²) in [5.74, 6) is -0.328. The lowest BCUT2D eigenvalue weighted by molar-refractivity contribution is -0.143. The third-order valence-corrected chi connectivity index (χ3v) is 7.10. The summed E-state index contributed by atoms with van der Waals surface area (Å²) in [5.41, 5.74) is 2.70. The SMILES string of the molecule is COC(=O)C1C(C)=NC2=C(C(=O)C[C@H](c3cccs3)C2)[C@H]1c1cc(OC)ccc1OC. The Hall–Kier alpha value is -2.93. The molecule has 2 aromatic rings. The first kappa shape index (κ1) is 21.3. The number of Topliss-reactive ketones (excluding diaryl/α,β-unsaturated/α-hetero) is 1. The van der Waals surface area contributed by atoms with Gasteiger partial charge in [-0.05, 0) is 43.0 Å². The van der Waals surface area contributed by atoms with Crippen LogP contribution >= 0.6 is 11.3 Å². The van der Waals surface area contributed by atoms with Crippen LogP contribution in [0.2, 0.25) is 0 Å². The number of allylic oxidation sites excluding steroid dienone is 2. The van der Waals surface area contributed by atoms with Crippen LogP contribution in [0.1, 0.15) is 42.0 Å². The van der Waals surface area contributed by atoms with Crippen molar-refractivity contribution in [2.24, 2.45) is 10.9 Å². The summed E-state index contributed by atoms with van der Waals surface area (Å²) in [5, 5.41) is 2.02. The number of methoxy groups -OCH3 is 3. The van der Waals surface area contributed by atoms with Crippen molar-refractivity contribution in [2.45, 2.75) is 31.6 Å². The second-order valence-electron chi connectivity index (χ2n) is 7.74. The quantitative estimate of drug-likeness (QED) is 0.641. The molecule has 1 aromatic heterocycles. The van der Waals surface area contributed by atoms with Crippen LogP contribution in [-0.2, 0) is 14.3 Å². The molecule has 6 nitrogen and oxygen atoms in total. The molecule has 2 heterocycles. The van der Waals surface area contributed by atoms with E-state index in [2.05, 4.69) is 6.07 Å². The summed E-state index contributed by atoms with van der Waals surface area (Å²) in [7, 11) is 4.51. The van der Waals surface area contributed by atoms with Gasteiger partial charge in [0, 0.05) is 45.7 Å². The number of carbonyl (C=O) groups excluding carboxylic acids is 2. The largest absolute Gasteiger partial charge is 0.497 e. The molecule has 0 radical (unpaired) electrons. The number of esters is 1. The molecule has 0 fully saturated rings. The van der Waals surface area contributed by atoms with Crippen LogP contribution in [0.15, 0.2) is 52.0 Å². The minimum Gasteiger partial charge on any atom is -0.497 e. The molecule has 1 aromatic carbocycles.